The van der Waals surface area contributed by atoms with Crippen molar-refractivity contribution in [1.82, 2.24) is 0 Å². The van der Waals surface area contributed by atoms with E-state index >= 15 is 0 Å². The van der Waals surface area contributed by atoms with Crippen molar-refractivity contribution in [1.29, 1.82) is 0 Å². The highest BCUT2D eigenvalue weighted by molar-refractivity contribution is 7.97. The number of hydrogen-bond donors (Lipinski definition) is 2. The third kappa shape index (κ3) is 4.47. The Morgan fingerprint density at radius 3 is 1.43 bits per heavy atom. The fourth-order valence-electron chi connectivity index (χ4n) is 2.66. The molecule has 6 heteroatoms. The van der Waals surface area contributed by atoms with Gasteiger partial charge in [0.05, 0.1) is 22.0 Å². The molecule has 0 unspecified atom stereocenters. The van der Waals surface area contributed by atoms with Gasteiger partial charge in [-0.2, -0.15) is 0 Å². The average molecular weight is 393 g/mol. The Morgan fingerprint density at radius 2 is 1.04 bits per heavy atom. The third-order valence-electron chi connectivity index (χ3n) is 4.14. The first-order valence-corrected chi connectivity index (χ1v) is 9.81. The lowest BCUT2D eigenvalue weighted by molar-refractivity contribution is 0.0686. The van der Waals surface area contributed by atoms with Crippen LogP contribution in [0.25, 0.3) is 0 Å². The predicted molar refractivity (Wildman–Crippen MR) is 106 cm³/mol. The Kier molecular flexibility index (Phi) is 5.91. The van der Waals surface area contributed by atoms with E-state index < -0.39 is 22.8 Å². The van der Waals surface area contributed by atoms with E-state index in [1.165, 1.54) is 24.3 Å². The maximum Gasteiger partial charge on any atom is 0.335 e. The van der Waals surface area contributed by atoms with Crippen LogP contribution in [0.15, 0.2) is 88.7 Å². The molecule has 0 aliphatic rings. The van der Waals surface area contributed by atoms with Crippen molar-refractivity contribution >= 4 is 28.6 Å². The topological polar surface area (TPSA) is 91.7 Å². The van der Waals surface area contributed by atoms with Crippen LogP contribution in [0.2, 0.25) is 0 Å². The first kappa shape index (κ1) is 19.4. The highest BCUT2D eigenvalue weighted by Gasteiger charge is 2.29. The van der Waals surface area contributed by atoms with Crippen molar-refractivity contribution in [3.63, 3.8) is 0 Å². The molecule has 3 aromatic carbocycles. The summed E-state index contributed by atoms with van der Waals surface area (Å²) in [6.07, 6.45) is 0. The van der Waals surface area contributed by atoms with E-state index in [9.17, 15) is 14.4 Å². The summed E-state index contributed by atoms with van der Waals surface area (Å²) in [6, 6.07) is 21.8. The molecule has 28 heavy (non-hydrogen) atoms. The zero-order valence-electron chi connectivity index (χ0n) is 14.7. The van der Waals surface area contributed by atoms with Gasteiger partial charge in [-0.15, -0.1) is 0 Å². The van der Waals surface area contributed by atoms with Crippen LogP contribution in [0.5, 0.6) is 0 Å². The fraction of sp³-hybridized carbons (Fsp3) is 0.0455. The second-order valence-electron chi connectivity index (χ2n) is 5.98. The van der Waals surface area contributed by atoms with Gasteiger partial charge in [0.25, 0.3) is 0 Å². The average Bonchev–Trinajstić information content (AvgIpc) is 2.72. The molecular formula is C22H17O5S+. The maximum atomic E-state index is 12.8. The Balaban J connectivity index is 1.96. The van der Waals surface area contributed by atoms with Crippen molar-refractivity contribution in [2.24, 2.45) is 0 Å². The monoisotopic (exact) mass is 393 g/mol. The van der Waals surface area contributed by atoms with Gasteiger partial charge in [0.15, 0.2) is 15.5 Å². The lowest BCUT2D eigenvalue weighted by atomic mass is 10.2. The van der Waals surface area contributed by atoms with E-state index in [2.05, 4.69) is 0 Å². The zero-order valence-corrected chi connectivity index (χ0v) is 15.6. The normalized spacial score (nSPS) is 10.6. The summed E-state index contributed by atoms with van der Waals surface area (Å²) in [6.45, 7) is 0. The molecule has 0 heterocycles. The number of ketones is 1. The quantitative estimate of drug-likeness (QED) is 0.468. The molecule has 140 valence electrons. The lowest BCUT2D eigenvalue weighted by Crippen LogP contribution is -2.18. The third-order valence-corrected chi connectivity index (χ3v) is 6.38. The number of carbonyl (C=O) groups is 3. The summed E-state index contributed by atoms with van der Waals surface area (Å²) >= 11 is 0. The van der Waals surface area contributed by atoms with Crippen molar-refractivity contribution < 1.29 is 24.6 Å². The molecule has 0 aliphatic heterocycles. The number of hydrogen-bond acceptors (Lipinski definition) is 3. The second kappa shape index (κ2) is 8.54. The minimum Gasteiger partial charge on any atom is -0.478 e. The predicted octanol–water partition coefficient (Wildman–Crippen LogP) is 4.00. The van der Waals surface area contributed by atoms with E-state index in [-0.39, 0.29) is 22.7 Å². The molecule has 0 fully saturated rings. The molecule has 3 aromatic rings. The van der Waals surface area contributed by atoms with Gasteiger partial charge in [0, 0.05) is 5.56 Å². The van der Waals surface area contributed by atoms with Crippen LogP contribution in [0.1, 0.15) is 31.1 Å². The fourth-order valence-corrected chi connectivity index (χ4v) is 4.63. The van der Waals surface area contributed by atoms with Crippen molar-refractivity contribution in [3.05, 3.63) is 95.6 Å². The Morgan fingerprint density at radius 1 is 0.607 bits per heavy atom. The van der Waals surface area contributed by atoms with Crippen LogP contribution in [0.4, 0.5) is 0 Å². The number of carbonyl (C=O) groups excluding carboxylic acids is 1. The van der Waals surface area contributed by atoms with Crippen LogP contribution in [-0.2, 0) is 10.9 Å². The molecule has 2 N–H and O–H groups in total. The molecule has 0 radical (unpaired) electrons. The van der Waals surface area contributed by atoms with Crippen LogP contribution < -0.4 is 0 Å². The highest BCUT2D eigenvalue weighted by atomic mass is 32.2. The molecule has 0 bridgehead atoms. The largest absolute Gasteiger partial charge is 0.478 e. The summed E-state index contributed by atoms with van der Waals surface area (Å²) in [4.78, 5) is 36.6. The van der Waals surface area contributed by atoms with E-state index in [1.807, 2.05) is 6.07 Å². The Hall–Kier alpha value is -3.38. The zero-order chi connectivity index (χ0) is 20.1. The minimum atomic E-state index is -1.02. The molecule has 3 rings (SSSR count). The molecule has 0 saturated carbocycles. The molecule has 0 atom stereocenters. The van der Waals surface area contributed by atoms with Gasteiger partial charge >= 0.3 is 11.9 Å². The summed E-state index contributed by atoms with van der Waals surface area (Å²) in [7, 11) is -0.660. The number of benzene rings is 3. The number of carboxylic acids is 2. The summed E-state index contributed by atoms with van der Waals surface area (Å²) < 4.78 is 0. The maximum absolute atomic E-state index is 12.8. The van der Waals surface area contributed by atoms with Crippen LogP contribution in [0, 0.1) is 0 Å². The number of aromatic carboxylic acids is 2. The molecule has 0 amide bonds. The van der Waals surface area contributed by atoms with E-state index in [0.717, 1.165) is 9.79 Å². The summed E-state index contributed by atoms with van der Waals surface area (Å²) in [5, 5.41) is 18.2. The van der Waals surface area contributed by atoms with Gasteiger partial charge < -0.3 is 10.2 Å². The molecule has 0 aliphatic carbocycles. The van der Waals surface area contributed by atoms with Gasteiger partial charge in [-0.25, -0.2) is 9.59 Å². The van der Waals surface area contributed by atoms with Crippen molar-refractivity contribution in [3.8, 4) is 0 Å². The standard InChI is InChI=1S/C22H16O5S/c23-20(15-4-2-1-3-5-15)14-28(18-10-6-16(7-11-18)21(24)25)19-12-8-17(9-13-19)22(26)27/h1-13H,14H2,(H-,24,25,26,27)/p+1. The van der Waals surface area contributed by atoms with Gasteiger partial charge in [0.1, 0.15) is 0 Å². The minimum absolute atomic E-state index is 0.0337. The molecule has 0 saturated heterocycles. The van der Waals surface area contributed by atoms with Gasteiger partial charge in [-0.1, -0.05) is 30.3 Å². The van der Waals surface area contributed by atoms with E-state index in [1.54, 1.807) is 48.5 Å². The van der Waals surface area contributed by atoms with Crippen molar-refractivity contribution in [2.75, 3.05) is 5.75 Å². The molecular weight excluding hydrogens is 376 g/mol. The Labute approximate surface area is 164 Å². The smallest absolute Gasteiger partial charge is 0.335 e. The van der Waals surface area contributed by atoms with Crippen LogP contribution >= 0.6 is 0 Å². The summed E-state index contributed by atoms with van der Waals surface area (Å²) in [5.41, 5.74) is 0.940. The van der Waals surface area contributed by atoms with Gasteiger partial charge in [0.2, 0.25) is 5.78 Å². The first-order valence-electron chi connectivity index (χ1n) is 8.41. The van der Waals surface area contributed by atoms with Crippen LogP contribution in [-0.4, -0.2) is 33.7 Å². The molecule has 0 spiro atoms. The number of Topliss-reactive ketones (excluding diaryl/α,β-unsaturated/α-hetero) is 1. The molecule has 5 nitrogen and oxygen atoms in total. The summed E-state index contributed by atoms with van der Waals surface area (Å²) in [5.74, 6) is -1.85. The lowest BCUT2D eigenvalue weighted by Gasteiger charge is -2.09. The second-order valence-corrected chi connectivity index (χ2v) is 8.00. The number of rotatable bonds is 7. The molecule has 0 aromatic heterocycles. The Bertz CT molecular complexity index is 938. The van der Waals surface area contributed by atoms with Gasteiger partial charge in [-0.3, -0.25) is 4.79 Å². The van der Waals surface area contributed by atoms with Gasteiger partial charge in [-0.05, 0) is 48.5 Å². The SMILES string of the molecule is O=C(O)c1ccc([S+](CC(=O)c2ccccc2)c2ccc(C(=O)O)cc2)cc1. The van der Waals surface area contributed by atoms with E-state index in [4.69, 9.17) is 10.2 Å². The highest BCUT2D eigenvalue weighted by Crippen LogP contribution is 2.26. The number of carboxylic acid groups (broad SMARTS) is 2. The van der Waals surface area contributed by atoms with Crippen molar-refractivity contribution in [2.45, 2.75) is 9.79 Å². The van der Waals surface area contributed by atoms with E-state index in [0.29, 0.717) is 5.56 Å². The van der Waals surface area contributed by atoms with Crippen LogP contribution in [0.3, 0.4) is 0 Å². The first-order chi connectivity index (χ1) is 13.5.